The number of likely N-dealkylation sites (N-methyl/N-ethyl adjacent to an activating group) is 1. The van der Waals surface area contributed by atoms with Crippen LogP contribution in [0.25, 0.3) is 0 Å². The molecule has 21 heavy (non-hydrogen) atoms. The van der Waals surface area contributed by atoms with Crippen molar-refractivity contribution in [1.29, 1.82) is 0 Å². The molecule has 0 aliphatic rings. The van der Waals surface area contributed by atoms with Gasteiger partial charge in [0, 0.05) is 25.0 Å². The van der Waals surface area contributed by atoms with Crippen molar-refractivity contribution in [2.45, 2.75) is 52.7 Å². The highest BCUT2D eigenvalue weighted by Crippen LogP contribution is 2.23. The summed E-state index contributed by atoms with van der Waals surface area (Å²) >= 11 is 0. The van der Waals surface area contributed by atoms with Crippen LogP contribution in [0.4, 0.5) is 4.79 Å². The van der Waals surface area contributed by atoms with E-state index in [-0.39, 0.29) is 6.54 Å². The molecule has 0 saturated carbocycles. The molecule has 0 radical (unpaired) electrons. The number of hydrogen-bond acceptors (Lipinski definition) is 4. The summed E-state index contributed by atoms with van der Waals surface area (Å²) in [6.45, 7) is 20.2. The molecule has 0 heterocycles. The third kappa shape index (κ3) is 7.18. The Balaban J connectivity index is 4.47. The molecule has 0 fully saturated rings. The summed E-state index contributed by atoms with van der Waals surface area (Å²) in [5.74, 6) is 0. The molecule has 0 rings (SSSR count). The molecule has 5 nitrogen and oxygen atoms in total. The monoisotopic (exact) mass is 298 g/mol. The average Bonchev–Trinajstić information content (AvgIpc) is 2.31. The topological polar surface area (TPSA) is 50.8 Å². The first kappa shape index (κ1) is 19.5. The van der Waals surface area contributed by atoms with Crippen molar-refractivity contribution >= 4 is 6.09 Å². The molecule has 0 aromatic rings. The maximum Gasteiger partial charge on any atom is 0.407 e. The minimum atomic E-state index is -0.516. The maximum atomic E-state index is 11.6. The van der Waals surface area contributed by atoms with Crippen LogP contribution < -0.4 is 5.32 Å². The van der Waals surface area contributed by atoms with Crippen LogP contribution in [0.5, 0.6) is 0 Å². The Labute approximate surface area is 129 Å². The molecule has 0 bridgehead atoms. The quantitative estimate of drug-likeness (QED) is 0.783. The zero-order valence-corrected chi connectivity index (χ0v) is 14.5. The predicted molar refractivity (Wildman–Crippen MR) is 86.0 cm³/mol. The second kappa shape index (κ2) is 7.50. The lowest BCUT2D eigenvalue weighted by Crippen LogP contribution is -2.39. The number of carbonyl (C=O) groups is 1. The fraction of sp³-hybridized carbons (Fsp3) is 0.688. The first-order valence-corrected chi connectivity index (χ1v) is 7.12. The van der Waals surface area contributed by atoms with Gasteiger partial charge in [-0.3, -0.25) is 0 Å². The molecular formula is C16H30N2O3. The van der Waals surface area contributed by atoms with Crippen LogP contribution in [-0.2, 0) is 9.47 Å². The minimum absolute atomic E-state index is 0.284. The summed E-state index contributed by atoms with van der Waals surface area (Å²) in [6.07, 6.45) is -0.466. The van der Waals surface area contributed by atoms with E-state index in [0.29, 0.717) is 12.3 Å². The van der Waals surface area contributed by atoms with Crippen LogP contribution >= 0.6 is 0 Å². The number of nitrogens with one attached hydrogen (secondary N) is 1. The molecule has 0 aliphatic heterocycles. The molecule has 0 spiro atoms. The normalized spacial score (nSPS) is 11.8. The predicted octanol–water partition coefficient (Wildman–Crippen LogP) is 3.29. The highest BCUT2D eigenvalue weighted by atomic mass is 16.6. The van der Waals surface area contributed by atoms with E-state index in [2.05, 4.69) is 18.5 Å². The Kier molecular flexibility index (Phi) is 6.97. The highest BCUT2D eigenvalue weighted by Gasteiger charge is 2.26. The van der Waals surface area contributed by atoms with Crippen LogP contribution in [0.15, 0.2) is 24.6 Å². The molecule has 1 N–H and O–H groups in total. The van der Waals surface area contributed by atoms with E-state index in [1.54, 1.807) is 0 Å². The van der Waals surface area contributed by atoms with Crippen molar-refractivity contribution in [3.8, 4) is 0 Å². The fourth-order valence-electron chi connectivity index (χ4n) is 1.65. The van der Waals surface area contributed by atoms with Crippen LogP contribution in [0, 0.1) is 0 Å². The molecule has 0 aromatic carbocycles. The molecule has 0 saturated heterocycles. The van der Waals surface area contributed by atoms with E-state index in [4.69, 9.17) is 9.47 Å². The van der Waals surface area contributed by atoms with Crippen LogP contribution in [0.2, 0.25) is 0 Å². The van der Waals surface area contributed by atoms with Gasteiger partial charge >= 0.3 is 6.09 Å². The second-order valence-electron chi connectivity index (χ2n) is 6.37. The van der Waals surface area contributed by atoms with Gasteiger partial charge in [0.1, 0.15) is 11.2 Å². The van der Waals surface area contributed by atoms with E-state index >= 15 is 0 Å². The van der Waals surface area contributed by atoms with Gasteiger partial charge in [-0.25, -0.2) is 4.79 Å². The van der Waals surface area contributed by atoms with Crippen molar-refractivity contribution in [3.63, 3.8) is 0 Å². The smallest absolute Gasteiger partial charge is 0.407 e. The molecule has 1 amide bonds. The maximum absolute atomic E-state index is 11.6. The summed E-state index contributed by atoms with van der Waals surface area (Å²) in [4.78, 5) is 13.4. The Morgan fingerprint density at radius 1 is 1.19 bits per heavy atom. The Hall–Kier alpha value is -1.49. The largest absolute Gasteiger partial charge is 0.444 e. The molecule has 0 atom stereocenters. The van der Waals surface area contributed by atoms with Gasteiger partial charge in [0.25, 0.3) is 0 Å². The summed E-state index contributed by atoms with van der Waals surface area (Å²) in [5, 5.41) is 2.67. The number of amides is 1. The Morgan fingerprint density at radius 3 is 2.14 bits per heavy atom. The van der Waals surface area contributed by atoms with Gasteiger partial charge in [0.2, 0.25) is 0 Å². The van der Waals surface area contributed by atoms with Crippen molar-refractivity contribution < 1.29 is 14.3 Å². The summed E-state index contributed by atoms with van der Waals surface area (Å²) < 4.78 is 10.8. The van der Waals surface area contributed by atoms with Gasteiger partial charge < -0.3 is 19.7 Å². The lowest BCUT2D eigenvalue weighted by atomic mass is 10.0. The first-order valence-electron chi connectivity index (χ1n) is 7.12. The lowest BCUT2D eigenvalue weighted by molar-refractivity contribution is 0.00447. The minimum Gasteiger partial charge on any atom is -0.444 e. The summed E-state index contributed by atoms with van der Waals surface area (Å²) in [6, 6.07) is 0. The van der Waals surface area contributed by atoms with E-state index < -0.39 is 17.3 Å². The van der Waals surface area contributed by atoms with Crippen LogP contribution in [0.1, 0.15) is 41.5 Å². The lowest BCUT2D eigenvalue weighted by Gasteiger charge is -2.35. The van der Waals surface area contributed by atoms with Crippen molar-refractivity contribution in [2.75, 3.05) is 20.2 Å². The van der Waals surface area contributed by atoms with Crippen LogP contribution in [0.3, 0.4) is 0 Å². The van der Waals surface area contributed by atoms with Gasteiger partial charge in [0.15, 0.2) is 0 Å². The zero-order chi connectivity index (χ0) is 16.8. The molecule has 5 heteroatoms. The molecular weight excluding hydrogens is 268 g/mol. The number of alkyl carbamates (subject to hydrolysis) is 1. The molecule has 0 aromatic heterocycles. The zero-order valence-electron chi connectivity index (χ0n) is 14.5. The van der Waals surface area contributed by atoms with Gasteiger partial charge in [-0.05, 0) is 41.5 Å². The molecule has 122 valence electrons. The van der Waals surface area contributed by atoms with Gasteiger partial charge in [-0.1, -0.05) is 13.2 Å². The third-order valence-electron chi connectivity index (χ3n) is 2.92. The average molecular weight is 298 g/mol. The third-order valence-corrected chi connectivity index (χ3v) is 2.92. The number of nitrogens with zero attached hydrogens (tertiary/aromatic N) is 1. The standard InChI is InChI=1S/C16H30N2O3/c1-10-20-16(7,8)13(3)18(9)12(2)11-17-14(19)21-15(4,5)6/h2-3,10-11H2,1,4-9H3,(H,17,19). The number of carbonyl (C=O) groups excluding carboxylic acids is 1. The first-order chi connectivity index (χ1) is 9.40. The SMILES string of the molecule is C=C(CNC(=O)OC(C)(C)C)N(C)C(=C)C(C)(C)OCC. The van der Waals surface area contributed by atoms with Gasteiger partial charge in [-0.15, -0.1) is 0 Å². The van der Waals surface area contributed by atoms with Gasteiger partial charge in [-0.2, -0.15) is 0 Å². The van der Waals surface area contributed by atoms with E-state index in [1.807, 2.05) is 53.5 Å². The van der Waals surface area contributed by atoms with Gasteiger partial charge in [0.05, 0.1) is 6.54 Å². The van der Waals surface area contributed by atoms with E-state index in [1.165, 1.54) is 0 Å². The van der Waals surface area contributed by atoms with Crippen molar-refractivity contribution in [1.82, 2.24) is 10.2 Å². The second-order valence-corrected chi connectivity index (χ2v) is 6.37. The summed E-state index contributed by atoms with van der Waals surface area (Å²) in [5.41, 5.74) is 0.481. The number of hydrogen-bond donors (Lipinski definition) is 1. The number of rotatable bonds is 7. The fourth-order valence-corrected chi connectivity index (χ4v) is 1.65. The highest BCUT2D eigenvalue weighted by molar-refractivity contribution is 5.67. The molecule has 0 aliphatic carbocycles. The molecule has 0 unspecified atom stereocenters. The van der Waals surface area contributed by atoms with Crippen molar-refractivity contribution in [3.05, 3.63) is 24.6 Å². The Bertz CT molecular complexity index is 395. The summed E-state index contributed by atoms with van der Waals surface area (Å²) in [7, 11) is 1.85. The van der Waals surface area contributed by atoms with E-state index in [9.17, 15) is 4.79 Å². The van der Waals surface area contributed by atoms with Crippen LogP contribution in [-0.4, -0.2) is 42.4 Å². The van der Waals surface area contributed by atoms with Crippen molar-refractivity contribution in [2.24, 2.45) is 0 Å². The van der Waals surface area contributed by atoms with E-state index in [0.717, 1.165) is 5.70 Å². The number of ether oxygens (including phenoxy) is 2. The Morgan fingerprint density at radius 2 is 1.71 bits per heavy atom.